The molecule has 5 nitrogen and oxygen atoms in total. The molecule has 0 spiro atoms. The third kappa shape index (κ3) is 3.42. The number of anilines is 1. The van der Waals surface area contributed by atoms with Gasteiger partial charge in [-0.15, -0.1) is 23.1 Å². The van der Waals surface area contributed by atoms with Gasteiger partial charge >= 0.3 is 0 Å². The molecule has 2 aromatic rings. The van der Waals surface area contributed by atoms with Crippen molar-refractivity contribution in [3.8, 4) is 11.3 Å². The number of amides is 1. The molecule has 1 aliphatic rings. The van der Waals surface area contributed by atoms with Crippen molar-refractivity contribution in [1.82, 2.24) is 4.98 Å². The van der Waals surface area contributed by atoms with Crippen LogP contribution in [0, 0.1) is 0 Å². The van der Waals surface area contributed by atoms with E-state index in [2.05, 4.69) is 22.4 Å². The molecule has 1 amide bonds. The maximum atomic E-state index is 12.0. The normalized spacial score (nSPS) is 13.8. The van der Waals surface area contributed by atoms with Crippen LogP contribution in [0.1, 0.15) is 0 Å². The fourth-order valence-electron chi connectivity index (χ4n) is 1.87. The van der Waals surface area contributed by atoms with E-state index in [1.54, 1.807) is 11.8 Å². The van der Waals surface area contributed by atoms with Crippen LogP contribution in [0.4, 0.5) is 5.13 Å². The van der Waals surface area contributed by atoms with E-state index in [0.29, 0.717) is 18.3 Å². The zero-order chi connectivity index (χ0) is 15.4. The maximum Gasteiger partial charge on any atom is 0.295 e. The highest BCUT2D eigenvalue weighted by molar-refractivity contribution is 7.98. The van der Waals surface area contributed by atoms with E-state index in [1.807, 2.05) is 23.8 Å². The molecule has 0 saturated carbocycles. The van der Waals surface area contributed by atoms with Crippen LogP contribution in [0.5, 0.6) is 0 Å². The Morgan fingerprint density at radius 3 is 2.82 bits per heavy atom. The van der Waals surface area contributed by atoms with Crippen molar-refractivity contribution in [2.45, 2.75) is 4.90 Å². The molecule has 114 valence electrons. The molecule has 1 aliphatic heterocycles. The van der Waals surface area contributed by atoms with E-state index in [0.717, 1.165) is 11.3 Å². The second-order valence-corrected chi connectivity index (χ2v) is 6.16. The van der Waals surface area contributed by atoms with Gasteiger partial charge in [0, 0.05) is 15.8 Å². The highest BCUT2D eigenvalue weighted by Gasteiger charge is 2.16. The number of nitrogens with zero attached hydrogens (tertiary/aromatic N) is 1. The fourth-order valence-corrected chi connectivity index (χ4v) is 2.99. The number of hydrogen-bond donors (Lipinski definition) is 1. The molecule has 0 fully saturated rings. The first kappa shape index (κ1) is 14.9. The topological polar surface area (TPSA) is 60.5 Å². The summed E-state index contributed by atoms with van der Waals surface area (Å²) < 4.78 is 10.3. The van der Waals surface area contributed by atoms with Crippen molar-refractivity contribution in [2.24, 2.45) is 0 Å². The number of benzene rings is 1. The second-order valence-electron chi connectivity index (χ2n) is 4.42. The highest BCUT2D eigenvalue weighted by atomic mass is 32.2. The molecule has 0 radical (unpaired) electrons. The summed E-state index contributed by atoms with van der Waals surface area (Å²) >= 11 is 3.07. The van der Waals surface area contributed by atoms with E-state index < -0.39 is 0 Å². The lowest BCUT2D eigenvalue weighted by Crippen LogP contribution is -2.21. The molecule has 0 aliphatic carbocycles. The number of carbonyl (C=O) groups is 1. The molecule has 1 aromatic heterocycles. The standard InChI is InChI=1S/C15H14N2O3S2/c1-21-11-4-2-10(3-5-11)12-9-22-15(16-12)17-14(18)13-8-19-6-7-20-13/h2-5,8-9H,6-7H2,1H3,(H,16,17,18). The summed E-state index contributed by atoms with van der Waals surface area (Å²) in [5.74, 6) is -0.175. The summed E-state index contributed by atoms with van der Waals surface area (Å²) in [6, 6.07) is 8.14. The summed E-state index contributed by atoms with van der Waals surface area (Å²) in [6.45, 7) is 0.842. The minimum Gasteiger partial charge on any atom is -0.494 e. The molecule has 1 aromatic carbocycles. The second kappa shape index (κ2) is 6.85. The molecule has 22 heavy (non-hydrogen) atoms. The van der Waals surface area contributed by atoms with Gasteiger partial charge in [0.05, 0.1) is 5.69 Å². The first-order valence-electron chi connectivity index (χ1n) is 6.62. The Balaban J connectivity index is 1.70. The van der Waals surface area contributed by atoms with Crippen LogP contribution < -0.4 is 5.32 Å². The van der Waals surface area contributed by atoms with Gasteiger partial charge in [0.25, 0.3) is 5.91 Å². The zero-order valence-corrected chi connectivity index (χ0v) is 13.5. The van der Waals surface area contributed by atoms with Gasteiger partial charge in [0.2, 0.25) is 5.76 Å². The van der Waals surface area contributed by atoms with E-state index in [9.17, 15) is 4.79 Å². The number of thiazole rings is 1. The van der Waals surface area contributed by atoms with Gasteiger partial charge in [-0.3, -0.25) is 10.1 Å². The summed E-state index contributed by atoms with van der Waals surface area (Å²) in [7, 11) is 0. The van der Waals surface area contributed by atoms with Gasteiger partial charge in [-0.2, -0.15) is 0 Å². The number of aromatic nitrogens is 1. The lowest BCUT2D eigenvalue weighted by Gasteiger charge is -2.14. The third-order valence-corrected chi connectivity index (χ3v) is 4.48. The highest BCUT2D eigenvalue weighted by Crippen LogP contribution is 2.27. The number of ether oxygens (including phenoxy) is 2. The first-order chi connectivity index (χ1) is 10.8. The van der Waals surface area contributed by atoms with E-state index in [1.165, 1.54) is 22.5 Å². The van der Waals surface area contributed by atoms with Gasteiger partial charge in [0.15, 0.2) is 5.13 Å². The van der Waals surface area contributed by atoms with E-state index in [-0.39, 0.29) is 11.7 Å². The smallest absolute Gasteiger partial charge is 0.295 e. The summed E-state index contributed by atoms with van der Waals surface area (Å²) in [5.41, 5.74) is 1.86. The Hall–Kier alpha value is -1.99. The van der Waals surface area contributed by atoms with Gasteiger partial charge < -0.3 is 9.47 Å². The van der Waals surface area contributed by atoms with Crippen LogP contribution in [0.15, 0.2) is 46.6 Å². The van der Waals surface area contributed by atoms with Crippen LogP contribution in [-0.2, 0) is 14.3 Å². The zero-order valence-electron chi connectivity index (χ0n) is 11.9. The lowest BCUT2D eigenvalue weighted by molar-refractivity contribution is -0.117. The Kier molecular flexibility index (Phi) is 4.65. The third-order valence-electron chi connectivity index (χ3n) is 2.98. The molecule has 0 saturated heterocycles. The van der Waals surface area contributed by atoms with Crippen LogP contribution in [0.25, 0.3) is 11.3 Å². The van der Waals surface area contributed by atoms with Crippen molar-refractivity contribution in [1.29, 1.82) is 0 Å². The predicted molar refractivity (Wildman–Crippen MR) is 87.9 cm³/mol. The average Bonchev–Trinajstić information content (AvgIpc) is 3.04. The monoisotopic (exact) mass is 334 g/mol. The molecule has 2 heterocycles. The van der Waals surface area contributed by atoms with Crippen LogP contribution >= 0.6 is 23.1 Å². The predicted octanol–water partition coefficient (Wildman–Crippen LogP) is 3.36. The lowest BCUT2D eigenvalue weighted by atomic mass is 10.2. The Morgan fingerprint density at radius 1 is 1.32 bits per heavy atom. The summed E-state index contributed by atoms with van der Waals surface area (Å²) in [4.78, 5) is 17.6. The Bertz CT molecular complexity index is 695. The summed E-state index contributed by atoms with van der Waals surface area (Å²) in [6.07, 6.45) is 3.37. The molecule has 1 N–H and O–H groups in total. The van der Waals surface area contributed by atoms with Gasteiger partial charge in [-0.25, -0.2) is 4.98 Å². The molecule has 0 unspecified atom stereocenters. The minimum absolute atomic E-state index is 0.173. The SMILES string of the molecule is CSc1ccc(-c2csc(NC(=O)C3=COCCO3)n2)cc1. The van der Waals surface area contributed by atoms with E-state index in [4.69, 9.17) is 9.47 Å². The number of nitrogens with one attached hydrogen (secondary N) is 1. The fraction of sp³-hybridized carbons (Fsp3) is 0.200. The number of hydrogen-bond acceptors (Lipinski definition) is 6. The quantitative estimate of drug-likeness (QED) is 0.869. The maximum absolute atomic E-state index is 12.0. The molecular weight excluding hydrogens is 320 g/mol. The van der Waals surface area contributed by atoms with Gasteiger partial charge in [-0.1, -0.05) is 12.1 Å². The van der Waals surface area contributed by atoms with Crippen molar-refractivity contribution in [3.05, 3.63) is 41.7 Å². The largest absolute Gasteiger partial charge is 0.494 e. The van der Waals surface area contributed by atoms with E-state index >= 15 is 0 Å². The molecular formula is C15H14N2O3S2. The first-order valence-corrected chi connectivity index (χ1v) is 8.72. The summed E-state index contributed by atoms with van der Waals surface area (Å²) in [5, 5.41) is 5.16. The average molecular weight is 334 g/mol. The van der Waals surface area contributed by atoms with Crippen LogP contribution in [-0.4, -0.2) is 30.4 Å². The number of carbonyl (C=O) groups excluding carboxylic acids is 1. The van der Waals surface area contributed by atoms with Crippen LogP contribution in [0.3, 0.4) is 0 Å². The van der Waals surface area contributed by atoms with Crippen LogP contribution in [0.2, 0.25) is 0 Å². The van der Waals surface area contributed by atoms with Crippen molar-refractivity contribution < 1.29 is 14.3 Å². The molecule has 0 atom stereocenters. The Labute approximate surface area is 136 Å². The number of rotatable bonds is 4. The molecule has 7 heteroatoms. The van der Waals surface area contributed by atoms with Gasteiger partial charge in [0.1, 0.15) is 19.5 Å². The molecule has 0 bridgehead atoms. The number of thioether (sulfide) groups is 1. The van der Waals surface area contributed by atoms with Crippen molar-refractivity contribution in [3.63, 3.8) is 0 Å². The van der Waals surface area contributed by atoms with Crippen molar-refractivity contribution in [2.75, 3.05) is 24.8 Å². The van der Waals surface area contributed by atoms with Crippen molar-refractivity contribution >= 4 is 34.1 Å². The van der Waals surface area contributed by atoms with Gasteiger partial charge in [-0.05, 0) is 18.4 Å². The minimum atomic E-state index is -0.349. The Morgan fingerprint density at radius 2 is 2.14 bits per heavy atom. The molecule has 3 rings (SSSR count).